The molecule has 1 fully saturated rings. The number of carboxylic acid groups (broad SMARTS) is 1. The number of carboxylic acids is 1. The first-order valence-corrected chi connectivity index (χ1v) is 8.30. The lowest BCUT2D eigenvalue weighted by Gasteiger charge is -2.32. The van der Waals surface area contributed by atoms with Gasteiger partial charge in [-0.15, -0.1) is 0 Å². The Morgan fingerprint density at radius 1 is 1.35 bits per heavy atom. The molecule has 0 radical (unpaired) electrons. The van der Waals surface area contributed by atoms with E-state index in [0.29, 0.717) is 31.1 Å². The Kier molecular flexibility index (Phi) is 5.52. The molecule has 0 unspecified atom stereocenters. The highest BCUT2D eigenvalue weighted by molar-refractivity contribution is 5.87. The predicted octanol–water partition coefficient (Wildman–Crippen LogP) is 1.58. The van der Waals surface area contributed by atoms with E-state index in [-0.39, 0.29) is 30.0 Å². The summed E-state index contributed by atoms with van der Waals surface area (Å²) < 4.78 is 16.4. The highest BCUT2D eigenvalue weighted by Crippen LogP contribution is 2.19. The standard InChI is InChI=1S/C18H20N2O6/c1-11-8-14(26-20-11)9-17(21)19-15-6-7-24-10-16(15)25-13-4-2-12(3-5-13)18(22)23/h2-5,8,15-16H,6-7,9-10H2,1H3,(H,19,21)(H,22,23)/t15-,16-/m1/s1. The van der Waals surface area contributed by atoms with Crippen molar-refractivity contribution in [1.29, 1.82) is 0 Å². The Labute approximate surface area is 150 Å². The molecule has 26 heavy (non-hydrogen) atoms. The quantitative estimate of drug-likeness (QED) is 0.804. The number of carbonyl (C=O) groups is 2. The van der Waals surface area contributed by atoms with E-state index in [1.165, 1.54) is 12.1 Å². The van der Waals surface area contributed by atoms with Crippen LogP contribution >= 0.6 is 0 Å². The summed E-state index contributed by atoms with van der Waals surface area (Å²) in [5.41, 5.74) is 0.911. The second-order valence-corrected chi connectivity index (χ2v) is 6.13. The monoisotopic (exact) mass is 360 g/mol. The molecule has 1 aromatic heterocycles. The molecule has 138 valence electrons. The molecule has 0 saturated carbocycles. The smallest absolute Gasteiger partial charge is 0.335 e. The molecule has 0 spiro atoms. The number of aromatic carboxylic acids is 1. The van der Waals surface area contributed by atoms with Crippen LogP contribution in [0.5, 0.6) is 5.75 Å². The second kappa shape index (κ2) is 8.01. The van der Waals surface area contributed by atoms with Crippen LogP contribution in [-0.2, 0) is 16.0 Å². The third-order valence-electron chi connectivity index (χ3n) is 4.05. The fraction of sp³-hybridized carbons (Fsp3) is 0.389. The Morgan fingerprint density at radius 3 is 2.77 bits per heavy atom. The van der Waals surface area contributed by atoms with Gasteiger partial charge in [0.15, 0.2) is 0 Å². The van der Waals surface area contributed by atoms with Gasteiger partial charge < -0.3 is 24.4 Å². The summed E-state index contributed by atoms with van der Waals surface area (Å²) in [7, 11) is 0. The minimum atomic E-state index is -0.995. The van der Waals surface area contributed by atoms with Gasteiger partial charge in [-0.1, -0.05) is 5.16 Å². The van der Waals surface area contributed by atoms with Crippen molar-refractivity contribution in [2.45, 2.75) is 31.9 Å². The number of amides is 1. The van der Waals surface area contributed by atoms with E-state index < -0.39 is 5.97 Å². The van der Waals surface area contributed by atoms with Crippen molar-refractivity contribution in [2.75, 3.05) is 13.2 Å². The van der Waals surface area contributed by atoms with Gasteiger partial charge in [0.05, 0.1) is 30.3 Å². The van der Waals surface area contributed by atoms with Crippen LogP contribution in [-0.4, -0.2) is 47.5 Å². The maximum absolute atomic E-state index is 12.2. The van der Waals surface area contributed by atoms with Crippen LogP contribution in [0.4, 0.5) is 0 Å². The molecule has 2 N–H and O–H groups in total. The summed E-state index contributed by atoms with van der Waals surface area (Å²) in [5.74, 6) is -0.141. The van der Waals surface area contributed by atoms with E-state index in [1.807, 2.05) is 0 Å². The van der Waals surface area contributed by atoms with E-state index in [2.05, 4.69) is 10.5 Å². The fourth-order valence-corrected chi connectivity index (χ4v) is 2.76. The van der Waals surface area contributed by atoms with Gasteiger partial charge in [-0.2, -0.15) is 0 Å². The van der Waals surface area contributed by atoms with E-state index in [9.17, 15) is 9.59 Å². The van der Waals surface area contributed by atoms with E-state index in [0.717, 1.165) is 5.69 Å². The van der Waals surface area contributed by atoms with E-state index >= 15 is 0 Å². The Morgan fingerprint density at radius 2 is 2.12 bits per heavy atom. The van der Waals surface area contributed by atoms with Crippen LogP contribution in [0.15, 0.2) is 34.9 Å². The minimum Gasteiger partial charge on any atom is -0.486 e. The number of aromatic nitrogens is 1. The minimum absolute atomic E-state index is 0.109. The van der Waals surface area contributed by atoms with Crippen LogP contribution in [0.2, 0.25) is 0 Å². The second-order valence-electron chi connectivity index (χ2n) is 6.13. The first kappa shape index (κ1) is 17.9. The zero-order chi connectivity index (χ0) is 18.5. The van der Waals surface area contributed by atoms with Crippen molar-refractivity contribution in [3.8, 4) is 5.75 Å². The molecule has 1 amide bonds. The van der Waals surface area contributed by atoms with Crippen molar-refractivity contribution in [2.24, 2.45) is 0 Å². The van der Waals surface area contributed by atoms with Crippen LogP contribution in [0, 0.1) is 6.92 Å². The third-order valence-corrected chi connectivity index (χ3v) is 4.05. The molecule has 8 nitrogen and oxygen atoms in total. The predicted molar refractivity (Wildman–Crippen MR) is 90.1 cm³/mol. The van der Waals surface area contributed by atoms with Gasteiger partial charge in [0.1, 0.15) is 17.6 Å². The highest BCUT2D eigenvalue weighted by atomic mass is 16.5. The zero-order valence-corrected chi connectivity index (χ0v) is 14.3. The molecular formula is C18H20N2O6. The van der Waals surface area contributed by atoms with Crippen molar-refractivity contribution in [1.82, 2.24) is 10.5 Å². The Balaban J connectivity index is 1.60. The number of ether oxygens (including phenoxy) is 2. The summed E-state index contributed by atoms with van der Waals surface area (Å²) in [6.45, 7) is 2.67. The summed E-state index contributed by atoms with van der Waals surface area (Å²) in [6.07, 6.45) is 0.372. The molecule has 0 aliphatic carbocycles. The number of nitrogens with one attached hydrogen (secondary N) is 1. The number of hydrogen-bond acceptors (Lipinski definition) is 6. The molecule has 1 aliphatic rings. The van der Waals surface area contributed by atoms with Crippen LogP contribution < -0.4 is 10.1 Å². The van der Waals surface area contributed by atoms with Gasteiger partial charge >= 0.3 is 5.97 Å². The topological polar surface area (TPSA) is 111 Å². The maximum atomic E-state index is 12.2. The van der Waals surface area contributed by atoms with Crippen molar-refractivity contribution in [3.63, 3.8) is 0 Å². The average molecular weight is 360 g/mol. The lowest BCUT2D eigenvalue weighted by molar-refractivity contribution is -0.123. The van der Waals surface area contributed by atoms with E-state index in [1.54, 1.807) is 25.1 Å². The highest BCUT2D eigenvalue weighted by Gasteiger charge is 2.29. The molecule has 2 atom stereocenters. The van der Waals surface area contributed by atoms with Crippen molar-refractivity contribution >= 4 is 11.9 Å². The summed E-state index contributed by atoms with van der Waals surface area (Å²) >= 11 is 0. The van der Waals surface area contributed by atoms with Crippen LogP contribution in [0.1, 0.15) is 28.2 Å². The SMILES string of the molecule is Cc1cc(CC(=O)N[C@@H]2CCOC[C@H]2Oc2ccc(C(=O)O)cc2)on1. The molecule has 1 aromatic carbocycles. The van der Waals surface area contributed by atoms with Crippen LogP contribution in [0.3, 0.4) is 0 Å². The van der Waals surface area contributed by atoms with Crippen molar-refractivity contribution in [3.05, 3.63) is 47.3 Å². The van der Waals surface area contributed by atoms with Gasteiger partial charge in [0.2, 0.25) is 5.91 Å². The zero-order valence-electron chi connectivity index (χ0n) is 14.3. The first-order chi connectivity index (χ1) is 12.5. The lowest BCUT2D eigenvalue weighted by Crippen LogP contribution is -2.51. The van der Waals surface area contributed by atoms with Gasteiger partial charge in [-0.25, -0.2) is 4.79 Å². The van der Waals surface area contributed by atoms with E-state index in [4.69, 9.17) is 19.1 Å². The van der Waals surface area contributed by atoms with Gasteiger partial charge in [0.25, 0.3) is 0 Å². The summed E-state index contributed by atoms with van der Waals surface area (Å²) in [5, 5.41) is 15.7. The molecular weight excluding hydrogens is 340 g/mol. The molecule has 2 heterocycles. The number of hydrogen-bond donors (Lipinski definition) is 2. The maximum Gasteiger partial charge on any atom is 0.335 e. The Hall–Kier alpha value is -2.87. The number of aryl methyl sites for hydroxylation is 1. The normalized spacial score (nSPS) is 19.7. The molecule has 0 bridgehead atoms. The third kappa shape index (κ3) is 4.60. The van der Waals surface area contributed by atoms with Gasteiger partial charge in [-0.05, 0) is 37.6 Å². The molecule has 2 aromatic rings. The van der Waals surface area contributed by atoms with Crippen LogP contribution in [0.25, 0.3) is 0 Å². The van der Waals surface area contributed by atoms with Gasteiger partial charge in [0, 0.05) is 12.7 Å². The molecule has 1 aliphatic heterocycles. The van der Waals surface area contributed by atoms with Crippen molar-refractivity contribution < 1.29 is 28.7 Å². The lowest BCUT2D eigenvalue weighted by atomic mass is 10.1. The summed E-state index contributed by atoms with van der Waals surface area (Å²) in [4.78, 5) is 23.2. The summed E-state index contributed by atoms with van der Waals surface area (Å²) in [6, 6.07) is 7.64. The number of nitrogens with zero attached hydrogens (tertiary/aromatic N) is 1. The first-order valence-electron chi connectivity index (χ1n) is 8.30. The Bertz CT molecular complexity index is 770. The molecule has 3 rings (SSSR count). The number of carbonyl (C=O) groups excluding carboxylic acids is 1. The molecule has 1 saturated heterocycles. The molecule has 8 heteroatoms. The number of benzene rings is 1. The van der Waals surface area contributed by atoms with Gasteiger partial charge in [-0.3, -0.25) is 4.79 Å². The fourth-order valence-electron chi connectivity index (χ4n) is 2.76. The largest absolute Gasteiger partial charge is 0.486 e. The average Bonchev–Trinajstić information content (AvgIpc) is 3.02. The number of rotatable bonds is 6.